The van der Waals surface area contributed by atoms with Crippen LogP contribution in [0.5, 0.6) is 0 Å². The number of hydrogen-bond donors (Lipinski definition) is 2. The van der Waals surface area contributed by atoms with Crippen LogP contribution >= 0.6 is 0 Å². The third-order valence-corrected chi connectivity index (χ3v) is 6.84. The summed E-state index contributed by atoms with van der Waals surface area (Å²) in [6.45, 7) is 6.66. The maximum absolute atomic E-state index is 10.7. The molecular weight excluding hydrogens is 240 g/mol. The van der Waals surface area contributed by atoms with Gasteiger partial charge in [0.25, 0.3) is 0 Å². The number of rotatable bonds is 1. The molecule has 110 valence electrons. The van der Waals surface area contributed by atoms with E-state index in [1.54, 1.807) is 0 Å². The summed E-state index contributed by atoms with van der Waals surface area (Å²) in [6, 6.07) is 0. The molecule has 0 radical (unpaired) electrons. The molecule has 0 aromatic heterocycles. The molecule has 6 atom stereocenters. The van der Waals surface area contributed by atoms with Gasteiger partial charge < -0.3 is 14.9 Å². The van der Waals surface area contributed by atoms with Gasteiger partial charge in [0.1, 0.15) is 0 Å². The number of fused-ring (bicyclic) bond motifs is 4. The van der Waals surface area contributed by atoms with E-state index < -0.39 is 17.6 Å². The molecule has 0 aliphatic heterocycles. The molecule has 2 N–H and O–H groups in total. The van der Waals surface area contributed by atoms with E-state index in [0.717, 1.165) is 25.7 Å². The fraction of sp³-hybridized carbons (Fsp3) is 1.00. The lowest BCUT2D eigenvalue weighted by Gasteiger charge is -2.59. The predicted octanol–water partition coefficient (Wildman–Crippen LogP) is 2.35. The van der Waals surface area contributed by atoms with Gasteiger partial charge in [0.15, 0.2) is 0 Å². The molecule has 3 fully saturated rings. The van der Waals surface area contributed by atoms with Crippen LogP contribution in [0, 0.1) is 22.7 Å². The minimum absolute atomic E-state index is 0.119. The van der Waals surface area contributed by atoms with Crippen molar-refractivity contribution in [2.45, 2.75) is 70.7 Å². The molecule has 3 aliphatic rings. The second kappa shape index (κ2) is 3.96. The maximum Gasteiger partial charge on any atom is 0.0717 e. The van der Waals surface area contributed by atoms with E-state index in [1.165, 1.54) is 6.42 Å². The molecule has 3 nitrogen and oxygen atoms in total. The Labute approximate surface area is 116 Å². The summed E-state index contributed by atoms with van der Waals surface area (Å²) < 4.78 is 6.00. The van der Waals surface area contributed by atoms with Crippen molar-refractivity contribution in [3.63, 3.8) is 0 Å². The number of aliphatic hydroxyl groups excluding tert-OH is 2. The van der Waals surface area contributed by atoms with E-state index in [4.69, 9.17) is 4.74 Å². The lowest BCUT2D eigenvalue weighted by Crippen LogP contribution is -2.58. The first-order valence-corrected chi connectivity index (χ1v) is 7.66. The molecule has 3 aliphatic carbocycles. The highest BCUT2D eigenvalue weighted by atomic mass is 16.5. The van der Waals surface area contributed by atoms with Gasteiger partial charge in [0, 0.05) is 12.5 Å². The van der Waals surface area contributed by atoms with Crippen LogP contribution in [0.1, 0.15) is 52.9 Å². The predicted molar refractivity (Wildman–Crippen MR) is 73.7 cm³/mol. The van der Waals surface area contributed by atoms with Crippen molar-refractivity contribution in [1.29, 1.82) is 0 Å². The van der Waals surface area contributed by atoms with Crippen molar-refractivity contribution in [3.8, 4) is 0 Å². The van der Waals surface area contributed by atoms with Gasteiger partial charge in [-0.05, 0) is 49.4 Å². The molecule has 19 heavy (non-hydrogen) atoms. The standard InChI is InChI=1S/C16H28O3/c1-14(2)8-11-10(14)7-13(18)15(3)9-16(11,19-4)6-5-12(15)17/h10-13,17-18H,5-9H2,1-4H3/t10-,11+,12+,13+,15+,16-/m1/s1. The Balaban J connectivity index is 2.01. The van der Waals surface area contributed by atoms with E-state index in [2.05, 4.69) is 13.8 Å². The van der Waals surface area contributed by atoms with Crippen molar-refractivity contribution in [2.75, 3.05) is 7.11 Å². The van der Waals surface area contributed by atoms with Crippen molar-refractivity contribution in [2.24, 2.45) is 22.7 Å². The minimum atomic E-state index is -0.410. The van der Waals surface area contributed by atoms with Crippen LogP contribution in [-0.2, 0) is 4.74 Å². The zero-order valence-corrected chi connectivity index (χ0v) is 12.6. The Bertz CT molecular complexity index is 380. The highest BCUT2D eigenvalue weighted by Crippen LogP contribution is 2.65. The minimum Gasteiger partial charge on any atom is -0.392 e. The third kappa shape index (κ3) is 1.68. The summed E-state index contributed by atoms with van der Waals surface area (Å²) in [5.41, 5.74) is -0.219. The first-order chi connectivity index (χ1) is 8.75. The average Bonchev–Trinajstić information content (AvgIpc) is 2.42. The molecule has 0 heterocycles. The molecule has 3 rings (SSSR count). The van der Waals surface area contributed by atoms with Crippen LogP contribution in [-0.4, -0.2) is 35.1 Å². The average molecular weight is 268 g/mol. The first-order valence-electron chi connectivity index (χ1n) is 7.66. The largest absolute Gasteiger partial charge is 0.392 e. The maximum atomic E-state index is 10.7. The third-order valence-electron chi connectivity index (χ3n) is 6.84. The lowest BCUT2D eigenvalue weighted by atomic mass is 9.49. The summed E-state index contributed by atoms with van der Waals surface area (Å²) in [5.74, 6) is 1.08. The van der Waals surface area contributed by atoms with Gasteiger partial charge in [-0.25, -0.2) is 0 Å². The van der Waals surface area contributed by atoms with Gasteiger partial charge in [-0.1, -0.05) is 20.8 Å². The van der Waals surface area contributed by atoms with Gasteiger partial charge >= 0.3 is 0 Å². The van der Waals surface area contributed by atoms with E-state index in [1.807, 2.05) is 14.0 Å². The summed E-state index contributed by atoms with van der Waals surface area (Å²) >= 11 is 0. The molecule has 0 unspecified atom stereocenters. The lowest BCUT2D eigenvalue weighted by molar-refractivity contribution is -0.195. The molecule has 0 aromatic carbocycles. The monoisotopic (exact) mass is 268 g/mol. The summed E-state index contributed by atoms with van der Waals surface area (Å²) in [7, 11) is 1.82. The number of ether oxygens (including phenoxy) is 1. The molecule has 0 spiro atoms. The van der Waals surface area contributed by atoms with Gasteiger partial charge in [-0.2, -0.15) is 0 Å². The van der Waals surface area contributed by atoms with E-state index in [0.29, 0.717) is 17.3 Å². The Morgan fingerprint density at radius 3 is 2.32 bits per heavy atom. The van der Waals surface area contributed by atoms with Crippen LogP contribution in [0.3, 0.4) is 0 Å². The Morgan fingerprint density at radius 1 is 1.05 bits per heavy atom. The van der Waals surface area contributed by atoms with Crippen LogP contribution in [0.2, 0.25) is 0 Å². The van der Waals surface area contributed by atoms with Crippen molar-refractivity contribution >= 4 is 0 Å². The fourth-order valence-electron chi connectivity index (χ4n) is 5.33. The number of hydrogen-bond acceptors (Lipinski definition) is 3. The van der Waals surface area contributed by atoms with Gasteiger partial charge in [0.05, 0.1) is 17.8 Å². The second-order valence-electron chi connectivity index (χ2n) is 8.16. The van der Waals surface area contributed by atoms with Gasteiger partial charge in [-0.15, -0.1) is 0 Å². The molecule has 2 bridgehead atoms. The Kier molecular flexibility index (Phi) is 2.88. The molecule has 3 heteroatoms. The topological polar surface area (TPSA) is 49.7 Å². The van der Waals surface area contributed by atoms with E-state index in [9.17, 15) is 10.2 Å². The van der Waals surface area contributed by atoms with E-state index >= 15 is 0 Å². The van der Waals surface area contributed by atoms with Crippen LogP contribution in [0.25, 0.3) is 0 Å². The second-order valence-corrected chi connectivity index (χ2v) is 8.16. The number of methoxy groups -OCH3 is 1. The smallest absolute Gasteiger partial charge is 0.0717 e. The Hall–Kier alpha value is -0.120. The van der Waals surface area contributed by atoms with Crippen LogP contribution < -0.4 is 0 Å². The normalized spacial score (nSPS) is 55.9. The highest BCUT2D eigenvalue weighted by molar-refractivity contribution is 5.15. The van der Waals surface area contributed by atoms with Crippen molar-refractivity contribution < 1.29 is 14.9 Å². The molecule has 0 amide bonds. The zero-order valence-electron chi connectivity index (χ0n) is 12.6. The van der Waals surface area contributed by atoms with E-state index in [-0.39, 0.29) is 5.60 Å². The molecular formula is C16H28O3. The molecule has 0 aromatic rings. The molecule has 3 saturated carbocycles. The fourth-order valence-corrected chi connectivity index (χ4v) is 5.33. The summed E-state index contributed by atoms with van der Waals surface area (Å²) in [5, 5.41) is 21.1. The first kappa shape index (κ1) is 13.8. The highest BCUT2D eigenvalue weighted by Gasteiger charge is 2.64. The molecule has 0 saturated heterocycles. The summed E-state index contributed by atoms with van der Waals surface area (Å²) in [6.07, 6.45) is 3.69. The van der Waals surface area contributed by atoms with Gasteiger partial charge in [0.2, 0.25) is 0 Å². The van der Waals surface area contributed by atoms with Crippen LogP contribution in [0.15, 0.2) is 0 Å². The quantitative estimate of drug-likeness (QED) is 0.767. The zero-order chi connectivity index (χ0) is 14.1. The van der Waals surface area contributed by atoms with Crippen molar-refractivity contribution in [1.82, 2.24) is 0 Å². The number of aliphatic hydroxyl groups is 2. The Morgan fingerprint density at radius 2 is 1.74 bits per heavy atom. The SMILES string of the molecule is CO[C@]12CC[C@H](O)[C@](C)(C1)[C@@H](O)C[C@@H]1[C@@H]2CC1(C)C. The van der Waals surface area contributed by atoms with Crippen LogP contribution in [0.4, 0.5) is 0 Å². The summed E-state index contributed by atoms with van der Waals surface area (Å²) in [4.78, 5) is 0. The van der Waals surface area contributed by atoms with Gasteiger partial charge in [-0.3, -0.25) is 0 Å². The van der Waals surface area contributed by atoms with Crippen molar-refractivity contribution in [3.05, 3.63) is 0 Å².